The first-order valence-electron chi connectivity index (χ1n) is 7.59. The Balaban J connectivity index is 1.92. The van der Waals surface area contributed by atoms with Gasteiger partial charge in [-0.1, -0.05) is 12.8 Å². The summed E-state index contributed by atoms with van der Waals surface area (Å²) in [4.78, 5) is 18.9. The third-order valence-corrected chi connectivity index (χ3v) is 4.27. The summed E-state index contributed by atoms with van der Waals surface area (Å²) in [7, 11) is 2.05. The highest BCUT2D eigenvalue weighted by atomic mass is 16.2. The van der Waals surface area contributed by atoms with Crippen LogP contribution in [0.25, 0.3) is 0 Å². The molecule has 1 atom stereocenters. The molecular weight excluding hydrogens is 262 g/mol. The number of rotatable bonds is 2. The monoisotopic (exact) mass is 283 g/mol. The fourth-order valence-electron chi connectivity index (χ4n) is 3.14. The van der Waals surface area contributed by atoms with Crippen molar-refractivity contribution in [3.63, 3.8) is 0 Å². The maximum atomic E-state index is 12.9. The highest BCUT2D eigenvalue weighted by molar-refractivity contribution is 5.94. The zero-order valence-electron chi connectivity index (χ0n) is 12.4. The van der Waals surface area contributed by atoms with Gasteiger partial charge in [-0.25, -0.2) is 0 Å². The second-order valence-electron chi connectivity index (χ2n) is 5.64. The third-order valence-electron chi connectivity index (χ3n) is 4.27. The molecule has 110 valence electrons. The quantitative estimate of drug-likeness (QED) is 0.849. The van der Waals surface area contributed by atoms with Gasteiger partial charge in [0, 0.05) is 43.4 Å². The van der Waals surface area contributed by atoms with Gasteiger partial charge in [-0.15, -0.1) is 0 Å². The highest BCUT2D eigenvalue weighted by Crippen LogP contribution is 2.31. The van der Waals surface area contributed by atoms with Gasteiger partial charge in [0.15, 0.2) is 0 Å². The van der Waals surface area contributed by atoms with Gasteiger partial charge in [-0.2, -0.15) is 0 Å². The molecule has 0 aliphatic carbocycles. The lowest BCUT2D eigenvalue weighted by Gasteiger charge is -2.30. The van der Waals surface area contributed by atoms with Crippen molar-refractivity contribution in [1.82, 2.24) is 14.5 Å². The minimum absolute atomic E-state index is 0.116. The van der Waals surface area contributed by atoms with Gasteiger partial charge < -0.3 is 9.47 Å². The molecule has 21 heavy (non-hydrogen) atoms. The van der Waals surface area contributed by atoms with Crippen LogP contribution in [0, 0.1) is 0 Å². The largest absolute Gasteiger partial charge is 0.353 e. The number of aryl methyl sites for hydroxylation is 1. The Labute approximate surface area is 125 Å². The standard InChI is InChI=1S/C17H21N3O/c1-19-12-5-7-15(19)16-6-3-2-4-13-20(16)17(21)14-8-10-18-11-9-14/h5,7-12,16H,2-4,6,13H2,1H3. The number of aromatic nitrogens is 2. The Bertz CT molecular complexity index is 606. The van der Waals surface area contributed by atoms with Gasteiger partial charge in [0.1, 0.15) is 0 Å². The van der Waals surface area contributed by atoms with Crippen LogP contribution in [0.5, 0.6) is 0 Å². The Morgan fingerprint density at radius 3 is 2.71 bits per heavy atom. The van der Waals surface area contributed by atoms with E-state index in [0.717, 1.165) is 24.9 Å². The Kier molecular flexibility index (Phi) is 4.04. The van der Waals surface area contributed by atoms with Gasteiger partial charge in [0.05, 0.1) is 6.04 Å². The molecule has 2 aromatic heterocycles. The lowest BCUT2D eigenvalue weighted by Crippen LogP contribution is -2.35. The molecule has 3 rings (SSSR count). The average molecular weight is 283 g/mol. The maximum Gasteiger partial charge on any atom is 0.254 e. The molecule has 2 aromatic rings. The summed E-state index contributed by atoms with van der Waals surface area (Å²) in [6, 6.07) is 7.95. The lowest BCUT2D eigenvalue weighted by molar-refractivity contribution is 0.0674. The zero-order chi connectivity index (χ0) is 14.7. The van der Waals surface area contributed by atoms with Crippen molar-refractivity contribution in [3.05, 3.63) is 54.1 Å². The highest BCUT2D eigenvalue weighted by Gasteiger charge is 2.28. The van der Waals surface area contributed by atoms with E-state index in [-0.39, 0.29) is 11.9 Å². The summed E-state index contributed by atoms with van der Waals surface area (Å²) in [5, 5.41) is 0. The first kappa shape index (κ1) is 13.9. The summed E-state index contributed by atoms with van der Waals surface area (Å²) in [5.41, 5.74) is 1.95. The van der Waals surface area contributed by atoms with Crippen molar-refractivity contribution in [2.24, 2.45) is 7.05 Å². The van der Waals surface area contributed by atoms with E-state index in [0.29, 0.717) is 0 Å². The normalized spacial score (nSPS) is 19.3. The number of hydrogen-bond donors (Lipinski definition) is 0. The van der Waals surface area contributed by atoms with E-state index in [1.807, 2.05) is 4.90 Å². The molecular formula is C17H21N3O. The summed E-state index contributed by atoms with van der Waals surface area (Å²) in [6.45, 7) is 0.830. The van der Waals surface area contributed by atoms with Crippen molar-refractivity contribution in [3.8, 4) is 0 Å². The molecule has 4 heteroatoms. The molecule has 0 spiro atoms. The van der Waals surface area contributed by atoms with Crippen LogP contribution < -0.4 is 0 Å². The van der Waals surface area contributed by atoms with E-state index in [2.05, 4.69) is 34.9 Å². The molecule has 1 aliphatic rings. The number of pyridine rings is 1. The van der Waals surface area contributed by atoms with Crippen LogP contribution in [0.1, 0.15) is 47.8 Å². The third kappa shape index (κ3) is 2.84. The molecule has 1 unspecified atom stereocenters. The van der Waals surface area contributed by atoms with E-state index in [1.54, 1.807) is 24.5 Å². The molecule has 3 heterocycles. The predicted octanol–water partition coefficient (Wildman–Crippen LogP) is 3.18. The smallest absolute Gasteiger partial charge is 0.254 e. The SMILES string of the molecule is Cn1cccc1C1CCCCCN1C(=O)c1ccncc1. The molecule has 1 saturated heterocycles. The fourth-order valence-corrected chi connectivity index (χ4v) is 3.14. The van der Waals surface area contributed by atoms with Gasteiger partial charge in [-0.3, -0.25) is 9.78 Å². The van der Waals surface area contributed by atoms with E-state index >= 15 is 0 Å². The Morgan fingerprint density at radius 2 is 2.00 bits per heavy atom. The summed E-state index contributed by atoms with van der Waals surface area (Å²) in [6.07, 6.45) is 9.91. The Morgan fingerprint density at radius 1 is 1.19 bits per heavy atom. The molecule has 0 radical (unpaired) electrons. The van der Waals surface area contributed by atoms with Crippen molar-refractivity contribution in [2.75, 3.05) is 6.54 Å². The predicted molar refractivity (Wildman–Crippen MR) is 81.9 cm³/mol. The van der Waals surface area contributed by atoms with Crippen LogP contribution in [0.3, 0.4) is 0 Å². The molecule has 4 nitrogen and oxygen atoms in total. The molecule has 0 saturated carbocycles. The molecule has 0 bridgehead atoms. The van der Waals surface area contributed by atoms with Gasteiger partial charge in [-0.05, 0) is 37.1 Å². The number of carbonyl (C=O) groups is 1. The second-order valence-corrected chi connectivity index (χ2v) is 5.64. The number of carbonyl (C=O) groups excluding carboxylic acids is 1. The zero-order valence-corrected chi connectivity index (χ0v) is 12.4. The molecule has 1 fully saturated rings. The summed E-state index contributed by atoms with van der Waals surface area (Å²) >= 11 is 0. The van der Waals surface area contributed by atoms with Crippen molar-refractivity contribution < 1.29 is 4.79 Å². The number of hydrogen-bond acceptors (Lipinski definition) is 2. The van der Waals surface area contributed by atoms with Gasteiger partial charge >= 0.3 is 0 Å². The van der Waals surface area contributed by atoms with Crippen LogP contribution in [-0.4, -0.2) is 26.9 Å². The first-order chi connectivity index (χ1) is 10.3. The second kappa shape index (κ2) is 6.12. The molecule has 1 amide bonds. The number of likely N-dealkylation sites (tertiary alicyclic amines) is 1. The van der Waals surface area contributed by atoms with Crippen molar-refractivity contribution in [1.29, 1.82) is 0 Å². The van der Waals surface area contributed by atoms with Crippen LogP contribution in [0.2, 0.25) is 0 Å². The van der Waals surface area contributed by atoms with Crippen LogP contribution in [-0.2, 0) is 7.05 Å². The van der Waals surface area contributed by atoms with Gasteiger partial charge in [0.2, 0.25) is 0 Å². The molecule has 0 aromatic carbocycles. The Hall–Kier alpha value is -2.10. The van der Waals surface area contributed by atoms with E-state index in [1.165, 1.54) is 18.5 Å². The summed E-state index contributed by atoms with van der Waals surface area (Å²) < 4.78 is 2.13. The topological polar surface area (TPSA) is 38.1 Å². The molecule has 1 aliphatic heterocycles. The van der Waals surface area contributed by atoms with Crippen molar-refractivity contribution >= 4 is 5.91 Å². The van der Waals surface area contributed by atoms with E-state index in [9.17, 15) is 4.79 Å². The van der Waals surface area contributed by atoms with Crippen LogP contribution >= 0.6 is 0 Å². The van der Waals surface area contributed by atoms with E-state index < -0.39 is 0 Å². The maximum absolute atomic E-state index is 12.9. The van der Waals surface area contributed by atoms with Crippen LogP contribution in [0.15, 0.2) is 42.9 Å². The van der Waals surface area contributed by atoms with E-state index in [4.69, 9.17) is 0 Å². The number of amides is 1. The van der Waals surface area contributed by atoms with Crippen molar-refractivity contribution in [2.45, 2.75) is 31.7 Å². The van der Waals surface area contributed by atoms with Gasteiger partial charge in [0.25, 0.3) is 5.91 Å². The summed E-state index contributed by atoms with van der Waals surface area (Å²) in [5.74, 6) is 0.116. The number of nitrogens with zero attached hydrogens (tertiary/aromatic N) is 3. The first-order valence-corrected chi connectivity index (χ1v) is 7.59. The molecule has 0 N–H and O–H groups in total. The minimum Gasteiger partial charge on any atom is -0.353 e. The van der Waals surface area contributed by atoms with Crippen LogP contribution in [0.4, 0.5) is 0 Å². The average Bonchev–Trinajstić information content (AvgIpc) is 2.80. The fraction of sp³-hybridized carbons (Fsp3) is 0.412. The lowest BCUT2D eigenvalue weighted by atomic mass is 10.1. The minimum atomic E-state index is 0.116.